The first-order valence-electron chi connectivity index (χ1n) is 6.79. The predicted molar refractivity (Wildman–Crippen MR) is 83.7 cm³/mol. The molecule has 0 radical (unpaired) electrons. The Labute approximate surface area is 124 Å². The summed E-state index contributed by atoms with van der Waals surface area (Å²) in [6, 6.07) is 8.87. The number of aromatic nitrogens is 1. The zero-order valence-corrected chi connectivity index (χ0v) is 12.4. The van der Waals surface area contributed by atoms with E-state index in [9.17, 15) is 4.79 Å². The van der Waals surface area contributed by atoms with Crippen LogP contribution < -0.4 is 15.8 Å². The molecule has 5 nitrogen and oxygen atoms in total. The maximum Gasteiger partial charge on any atom is 0.260 e. The van der Waals surface area contributed by atoms with Crippen molar-refractivity contribution < 1.29 is 9.53 Å². The Kier molecular flexibility index (Phi) is 4.42. The van der Waals surface area contributed by atoms with Crippen LogP contribution in [0.4, 0.5) is 11.5 Å². The van der Waals surface area contributed by atoms with Gasteiger partial charge in [-0.1, -0.05) is 6.07 Å². The molecule has 2 aromatic rings. The lowest BCUT2D eigenvalue weighted by Gasteiger charge is -2.12. The first kappa shape index (κ1) is 14.8. The van der Waals surface area contributed by atoms with E-state index in [0.717, 1.165) is 11.3 Å². The fourth-order valence-electron chi connectivity index (χ4n) is 2.13. The molecule has 0 saturated carbocycles. The zero-order valence-electron chi connectivity index (χ0n) is 12.4. The van der Waals surface area contributed by atoms with Crippen LogP contribution in [0.1, 0.15) is 28.5 Å². The number of aryl methyl sites for hydroxylation is 2. The molecule has 0 bridgehead atoms. The van der Waals surface area contributed by atoms with Crippen molar-refractivity contribution in [3.05, 3.63) is 47.2 Å². The van der Waals surface area contributed by atoms with Crippen LogP contribution in [0.3, 0.4) is 0 Å². The number of hydrogen-bond donors (Lipinski definition) is 2. The molecule has 1 aromatic heterocycles. The minimum atomic E-state index is -0.289. The molecule has 2 rings (SSSR count). The molecule has 5 heteroatoms. The molecule has 0 aliphatic rings. The average Bonchev–Trinajstić information content (AvgIpc) is 2.40. The molecular weight excluding hydrogens is 266 g/mol. The molecule has 0 aliphatic heterocycles. The van der Waals surface area contributed by atoms with Gasteiger partial charge in [-0.2, -0.15) is 0 Å². The molecule has 0 saturated heterocycles. The Morgan fingerprint density at radius 1 is 1.33 bits per heavy atom. The second kappa shape index (κ2) is 6.26. The number of nitrogens with two attached hydrogens (primary N) is 1. The van der Waals surface area contributed by atoms with Gasteiger partial charge in [0.15, 0.2) is 5.75 Å². The Morgan fingerprint density at radius 2 is 2.10 bits per heavy atom. The Morgan fingerprint density at radius 3 is 2.76 bits per heavy atom. The first-order chi connectivity index (χ1) is 10.0. The van der Waals surface area contributed by atoms with Gasteiger partial charge in [0.2, 0.25) is 0 Å². The van der Waals surface area contributed by atoms with Gasteiger partial charge in [-0.05, 0) is 50.6 Å². The Bertz CT molecular complexity index is 648. The van der Waals surface area contributed by atoms with Crippen LogP contribution in [0, 0.1) is 13.8 Å². The minimum Gasteiger partial charge on any atom is -0.491 e. The van der Waals surface area contributed by atoms with Crippen LogP contribution in [-0.4, -0.2) is 17.5 Å². The van der Waals surface area contributed by atoms with Gasteiger partial charge in [-0.15, -0.1) is 0 Å². The highest BCUT2D eigenvalue weighted by molar-refractivity contribution is 6.06. The molecule has 0 aliphatic carbocycles. The maximum absolute atomic E-state index is 12.4. The molecule has 1 amide bonds. The average molecular weight is 285 g/mol. The summed E-state index contributed by atoms with van der Waals surface area (Å²) >= 11 is 0. The van der Waals surface area contributed by atoms with E-state index in [1.807, 2.05) is 32.9 Å². The molecule has 0 spiro atoms. The summed E-state index contributed by atoms with van der Waals surface area (Å²) in [5.41, 5.74) is 8.60. The third-order valence-corrected chi connectivity index (χ3v) is 2.92. The van der Waals surface area contributed by atoms with Crippen LogP contribution >= 0.6 is 0 Å². The first-order valence-corrected chi connectivity index (χ1v) is 6.79. The highest BCUT2D eigenvalue weighted by atomic mass is 16.5. The number of ether oxygens (including phenoxy) is 1. The molecular formula is C16H19N3O2. The molecule has 1 aromatic carbocycles. The number of carbonyl (C=O) groups excluding carboxylic acids is 1. The lowest BCUT2D eigenvalue weighted by atomic mass is 10.1. The summed E-state index contributed by atoms with van der Waals surface area (Å²) in [5.74, 6) is 0.632. The van der Waals surface area contributed by atoms with Gasteiger partial charge in [0.05, 0.1) is 17.9 Å². The highest BCUT2D eigenvalue weighted by Gasteiger charge is 2.15. The summed E-state index contributed by atoms with van der Waals surface area (Å²) in [7, 11) is 0. The summed E-state index contributed by atoms with van der Waals surface area (Å²) < 4.78 is 5.47. The Balaban J connectivity index is 2.30. The molecule has 21 heavy (non-hydrogen) atoms. The Hall–Kier alpha value is -2.56. The quantitative estimate of drug-likeness (QED) is 0.847. The number of nitrogen functional groups attached to an aromatic ring is 1. The second-order valence-electron chi connectivity index (χ2n) is 4.78. The molecule has 110 valence electrons. The van der Waals surface area contributed by atoms with Crippen molar-refractivity contribution in [3.8, 4) is 5.75 Å². The van der Waals surface area contributed by atoms with E-state index in [2.05, 4.69) is 10.3 Å². The third kappa shape index (κ3) is 3.51. The van der Waals surface area contributed by atoms with E-state index in [4.69, 9.17) is 10.5 Å². The molecule has 1 heterocycles. The number of anilines is 2. The van der Waals surface area contributed by atoms with E-state index in [-0.39, 0.29) is 5.91 Å². The van der Waals surface area contributed by atoms with Gasteiger partial charge in [-0.3, -0.25) is 4.79 Å². The number of nitrogens with zero attached hydrogens (tertiary/aromatic N) is 1. The number of carbonyl (C=O) groups is 1. The van der Waals surface area contributed by atoms with Crippen LogP contribution in [-0.2, 0) is 0 Å². The van der Waals surface area contributed by atoms with E-state index < -0.39 is 0 Å². The van der Waals surface area contributed by atoms with Gasteiger partial charge in [0.25, 0.3) is 5.91 Å². The van der Waals surface area contributed by atoms with Crippen LogP contribution in [0.5, 0.6) is 5.75 Å². The number of rotatable bonds is 4. The summed E-state index contributed by atoms with van der Waals surface area (Å²) in [6.07, 6.45) is 0. The standard InChI is InChI=1S/C16H19N3O2/c1-4-21-15-12(6-5-7-13(15)17)16(20)19-14-9-10(2)8-11(3)18-14/h5-9H,4,17H2,1-3H3,(H,18,19,20). The summed E-state index contributed by atoms with van der Waals surface area (Å²) in [6.45, 7) is 6.13. The lowest BCUT2D eigenvalue weighted by molar-refractivity contribution is 0.102. The monoisotopic (exact) mass is 285 g/mol. The van der Waals surface area contributed by atoms with Crippen LogP contribution in [0.2, 0.25) is 0 Å². The van der Waals surface area contributed by atoms with Gasteiger partial charge < -0.3 is 15.8 Å². The zero-order chi connectivity index (χ0) is 15.4. The lowest BCUT2D eigenvalue weighted by Crippen LogP contribution is -2.15. The molecule has 0 atom stereocenters. The highest BCUT2D eigenvalue weighted by Crippen LogP contribution is 2.27. The number of nitrogens with one attached hydrogen (secondary N) is 1. The van der Waals surface area contributed by atoms with Crippen LogP contribution in [0.25, 0.3) is 0 Å². The smallest absolute Gasteiger partial charge is 0.260 e. The number of para-hydroxylation sites is 1. The van der Waals surface area contributed by atoms with Gasteiger partial charge in [0, 0.05) is 5.69 Å². The topological polar surface area (TPSA) is 77.2 Å². The van der Waals surface area contributed by atoms with E-state index in [1.165, 1.54) is 0 Å². The fourth-order valence-corrected chi connectivity index (χ4v) is 2.13. The number of hydrogen-bond acceptors (Lipinski definition) is 4. The molecule has 0 fully saturated rings. The summed E-state index contributed by atoms with van der Waals surface area (Å²) in [4.78, 5) is 16.7. The van der Waals surface area contributed by atoms with Crippen molar-refractivity contribution in [1.82, 2.24) is 4.98 Å². The van der Waals surface area contributed by atoms with E-state index in [1.54, 1.807) is 18.2 Å². The second-order valence-corrected chi connectivity index (χ2v) is 4.78. The largest absolute Gasteiger partial charge is 0.491 e. The predicted octanol–water partition coefficient (Wildman–Crippen LogP) is 2.93. The van der Waals surface area contributed by atoms with Crippen molar-refractivity contribution in [2.75, 3.05) is 17.7 Å². The number of pyridine rings is 1. The third-order valence-electron chi connectivity index (χ3n) is 2.92. The molecule has 3 N–H and O–H groups in total. The van der Waals surface area contributed by atoms with Crippen molar-refractivity contribution in [2.24, 2.45) is 0 Å². The normalized spacial score (nSPS) is 10.2. The SMILES string of the molecule is CCOc1c(N)cccc1C(=O)Nc1cc(C)cc(C)n1. The van der Waals surface area contributed by atoms with Gasteiger partial charge >= 0.3 is 0 Å². The van der Waals surface area contributed by atoms with Crippen molar-refractivity contribution in [2.45, 2.75) is 20.8 Å². The van der Waals surface area contributed by atoms with Crippen molar-refractivity contribution in [3.63, 3.8) is 0 Å². The van der Waals surface area contributed by atoms with Gasteiger partial charge in [-0.25, -0.2) is 4.98 Å². The van der Waals surface area contributed by atoms with Gasteiger partial charge in [0.1, 0.15) is 5.82 Å². The van der Waals surface area contributed by atoms with Crippen LogP contribution in [0.15, 0.2) is 30.3 Å². The van der Waals surface area contributed by atoms with E-state index >= 15 is 0 Å². The number of benzene rings is 1. The molecule has 0 unspecified atom stereocenters. The number of amides is 1. The maximum atomic E-state index is 12.4. The van der Waals surface area contributed by atoms with Crippen molar-refractivity contribution >= 4 is 17.4 Å². The minimum absolute atomic E-state index is 0.289. The van der Waals surface area contributed by atoms with E-state index in [0.29, 0.717) is 29.4 Å². The van der Waals surface area contributed by atoms with Crippen molar-refractivity contribution in [1.29, 1.82) is 0 Å². The summed E-state index contributed by atoms with van der Waals surface area (Å²) in [5, 5.41) is 2.78. The fraction of sp³-hybridized carbons (Fsp3) is 0.250.